The molecule has 6 heteroatoms. The Morgan fingerprint density at radius 2 is 0.745 bits per heavy atom. The van der Waals surface area contributed by atoms with Crippen molar-refractivity contribution in [2.75, 3.05) is 25.6 Å². The number of carbonyl (C=O) groups excluding carboxylic acids is 1. The lowest BCUT2D eigenvalue weighted by molar-refractivity contribution is 0.0733. The summed E-state index contributed by atoms with van der Waals surface area (Å²) in [5, 5.41) is 0. The van der Waals surface area contributed by atoms with E-state index in [0.29, 0.717) is 54.1 Å². The van der Waals surface area contributed by atoms with E-state index in [9.17, 15) is 4.79 Å². The fourth-order valence-electron chi connectivity index (χ4n) is 7.06. The average Bonchev–Trinajstić information content (AvgIpc) is 3.19. The van der Waals surface area contributed by atoms with Gasteiger partial charge in [0, 0.05) is 5.69 Å². The van der Waals surface area contributed by atoms with Gasteiger partial charge >= 0.3 is 5.97 Å². The number of esters is 1. The first-order chi connectivity index (χ1) is 27.1. The smallest absolute Gasteiger partial charge is 0.343 e. The largest absolute Gasteiger partial charge is 0.490 e. The first-order valence-electron chi connectivity index (χ1n) is 23.2. The number of anilines is 1. The van der Waals surface area contributed by atoms with Gasteiger partial charge in [-0.1, -0.05) is 194 Å². The topological polar surface area (TPSA) is 80.0 Å². The van der Waals surface area contributed by atoms with E-state index in [-0.39, 0.29) is 0 Å². The van der Waals surface area contributed by atoms with Crippen molar-refractivity contribution in [2.45, 2.75) is 213 Å². The first-order valence-corrected chi connectivity index (χ1v) is 23.2. The minimum Gasteiger partial charge on any atom is -0.490 e. The predicted molar refractivity (Wildman–Crippen MR) is 234 cm³/mol. The maximum absolute atomic E-state index is 13.5. The molecule has 0 saturated heterocycles. The number of carbonyl (C=O) groups is 1. The molecule has 0 atom stereocenters. The van der Waals surface area contributed by atoms with Crippen LogP contribution in [0.25, 0.3) is 0 Å². The van der Waals surface area contributed by atoms with Crippen LogP contribution in [0.2, 0.25) is 0 Å². The molecule has 0 aliphatic carbocycles. The summed E-state index contributed by atoms with van der Waals surface area (Å²) in [6, 6.07) is 10.4. The Hall–Kier alpha value is -2.89. The Labute approximate surface area is 338 Å². The summed E-state index contributed by atoms with van der Waals surface area (Å²) in [6.07, 6.45) is 38.0. The van der Waals surface area contributed by atoms with Crippen molar-refractivity contribution in [3.63, 3.8) is 0 Å². The molecule has 0 bridgehead atoms. The van der Waals surface area contributed by atoms with Gasteiger partial charge in [0.2, 0.25) is 5.75 Å². The van der Waals surface area contributed by atoms with Crippen molar-refractivity contribution in [3.8, 4) is 23.0 Å². The molecule has 2 aromatic carbocycles. The fourth-order valence-corrected chi connectivity index (χ4v) is 7.06. The van der Waals surface area contributed by atoms with Crippen LogP contribution in [0.4, 0.5) is 5.69 Å². The zero-order chi connectivity index (χ0) is 39.4. The lowest BCUT2D eigenvalue weighted by Crippen LogP contribution is -2.12. The van der Waals surface area contributed by atoms with Gasteiger partial charge in [-0.3, -0.25) is 0 Å². The minimum absolute atomic E-state index is 0.388. The number of hydrogen-bond donors (Lipinski definition) is 1. The molecule has 0 heterocycles. The zero-order valence-corrected chi connectivity index (χ0v) is 35.9. The molecule has 0 spiro atoms. The second-order valence-corrected chi connectivity index (χ2v) is 15.9. The number of ether oxygens (including phenoxy) is 4. The van der Waals surface area contributed by atoms with Crippen molar-refractivity contribution >= 4 is 11.7 Å². The number of benzene rings is 2. The highest BCUT2D eigenvalue weighted by molar-refractivity contribution is 5.92. The summed E-state index contributed by atoms with van der Waals surface area (Å²) < 4.78 is 25.1. The molecule has 0 aliphatic heterocycles. The highest BCUT2D eigenvalue weighted by atomic mass is 16.5. The van der Waals surface area contributed by atoms with E-state index in [1.54, 1.807) is 36.4 Å². The van der Waals surface area contributed by atoms with Crippen LogP contribution in [0.5, 0.6) is 23.0 Å². The van der Waals surface area contributed by atoms with Crippen molar-refractivity contribution in [1.29, 1.82) is 0 Å². The van der Waals surface area contributed by atoms with Gasteiger partial charge in [-0.25, -0.2) is 4.79 Å². The maximum Gasteiger partial charge on any atom is 0.343 e. The lowest BCUT2D eigenvalue weighted by Gasteiger charge is -2.19. The van der Waals surface area contributed by atoms with Crippen LogP contribution < -0.4 is 24.7 Å². The van der Waals surface area contributed by atoms with E-state index in [2.05, 4.69) is 20.8 Å². The van der Waals surface area contributed by atoms with E-state index < -0.39 is 5.97 Å². The third kappa shape index (κ3) is 25.1. The van der Waals surface area contributed by atoms with Gasteiger partial charge in [-0.2, -0.15) is 0 Å². The highest BCUT2D eigenvalue weighted by Crippen LogP contribution is 2.40. The predicted octanol–water partition coefficient (Wildman–Crippen LogP) is 15.4. The van der Waals surface area contributed by atoms with Crippen LogP contribution in [0, 0.1) is 0 Å². The molecule has 0 radical (unpaired) electrons. The molecule has 0 unspecified atom stereocenters. The number of nitrogens with two attached hydrogens (primary N) is 1. The van der Waals surface area contributed by atoms with Crippen molar-refractivity contribution in [3.05, 3.63) is 42.0 Å². The summed E-state index contributed by atoms with van der Waals surface area (Å²) in [4.78, 5) is 13.5. The van der Waals surface area contributed by atoms with E-state index in [0.717, 1.165) is 38.5 Å². The van der Waals surface area contributed by atoms with Crippen LogP contribution >= 0.6 is 0 Å². The van der Waals surface area contributed by atoms with E-state index in [1.807, 2.05) is 0 Å². The second kappa shape index (κ2) is 34.4. The van der Waals surface area contributed by atoms with E-state index in [4.69, 9.17) is 24.7 Å². The Bertz CT molecular complexity index is 1140. The normalized spacial score (nSPS) is 11.2. The molecule has 0 aliphatic rings. The molecule has 0 aromatic heterocycles. The Kier molecular flexibility index (Phi) is 30.2. The maximum atomic E-state index is 13.5. The van der Waals surface area contributed by atoms with Gasteiger partial charge < -0.3 is 24.7 Å². The fraction of sp³-hybridized carbons (Fsp3) is 0.735. The van der Waals surface area contributed by atoms with E-state index in [1.165, 1.54) is 154 Å². The van der Waals surface area contributed by atoms with Crippen LogP contribution in [-0.4, -0.2) is 25.8 Å². The Balaban J connectivity index is 2.05. The molecule has 2 aromatic rings. The number of hydrogen-bond acceptors (Lipinski definition) is 6. The summed E-state index contributed by atoms with van der Waals surface area (Å²) in [7, 11) is 0. The molecule has 314 valence electrons. The van der Waals surface area contributed by atoms with Gasteiger partial charge in [0.1, 0.15) is 5.75 Å². The summed E-state index contributed by atoms with van der Waals surface area (Å²) in [5.74, 6) is 1.72. The number of nitrogen functional groups attached to an aromatic ring is 1. The Morgan fingerprint density at radius 3 is 1.09 bits per heavy atom. The third-order valence-corrected chi connectivity index (χ3v) is 10.6. The molecular formula is C49H83NO5. The summed E-state index contributed by atoms with van der Waals surface area (Å²) in [6.45, 7) is 8.54. The highest BCUT2D eigenvalue weighted by Gasteiger charge is 2.20. The first kappa shape index (κ1) is 48.3. The SMILES string of the molecule is CCCCCCCCCCCCOc1cc(C(=O)Oc2ccc(N)cc2)cc(OCCCCCCCCCCCC)c1OCCCCCCCCCCCC. The number of rotatable bonds is 38. The van der Waals surface area contributed by atoms with Gasteiger partial charge in [0.15, 0.2) is 11.5 Å². The van der Waals surface area contributed by atoms with Crippen LogP contribution in [0.15, 0.2) is 36.4 Å². The van der Waals surface area contributed by atoms with Gasteiger partial charge in [0.25, 0.3) is 0 Å². The third-order valence-electron chi connectivity index (χ3n) is 10.6. The Morgan fingerprint density at radius 1 is 0.436 bits per heavy atom. The summed E-state index contributed by atoms with van der Waals surface area (Å²) >= 11 is 0. The zero-order valence-electron chi connectivity index (χ0n) is 35.9. The lowest BCUT2D eigenvalue weighted by atomic mass is 10.1. The van der Waals surface area contributed by atoms with Crippen molar-refractivity contribution in [1.82, 2.24) is 0 Å². The van der Waals surface area contributed by atoms with Gasteiger partial charge in [-0.15, -0.1) is 0 Å². The van der Waals surface area contributed by atoms with Crippen LogP contribution in [-0.2, 0) is 0 Å². The molecule has 0 saturated carbocycles. The van der Waals surface area contributed by atoms with Crippen LogP contribution in [0.1, 0.15) is 224 Å². The van der Waals surface area contributed by atoms with Gasteiger partial charge in [-0.05, 0) is 55.7 Å². The van der Waals surface area contributed by atoms with E-state index >= 15 is 0 Å². The minimum atomic E-state index is -0.460. The molecule has 55 heavy (non-hydrogen) atoms. The monoisotopic (exact) mass is 766 g/mol. The number of unbranched alkanes of at least 4 members (excludes halogenated alkanes) is 27. The average molecular weight is 766 g/mol. The van der Waals surface area contributed by atoms with Crippen molar-refractivity contribution < 1.29 is 23.7 Å². The molecule has 6 nitrogen and oxygen atoms in total. The van der Waals surface area contributed by atoms with Crippen molar-refractivity contribution in [2.24, 2.45) is 0 Å². The van der Waals surface area contributed by atoms with Gasteiger partial charge in [0.05, 0.1) is 25.4 Å². The molecule has 2 rings (SSSR count). The second-order valence-electron chi connectivity index (χ2n) is 15.9. The quantitative estimate of drug-likeness (QED) is 0.0317. The standard InChI is InChI=1S/C49H83NO5/c1-4-7-10-13-16-19-22-25-28-31-38-52-46-41-43(49(51)55-45-36-34-44(50)35-37-45)42-47(53-39-32-29-26-23-20-17-14-11-8-5-2)48(46)54-40-33-30-27-24-21-18-15-12-9-6-3/h34-37,41-42H,4-33,38-40,50H2,1-3H3. The molecule has 2 N–H and O–H groups in total. The summed E-state index contributed by atoms with van der Waals surface area (Å²) in [5.41, 5.74) is 6.87. The molecule has 0 amide bonds. The molecule has 0 fully saturated rings. The van der Waals surface area contributed by atoms with Crippen LogP contribution in [0.3, 0.4) is 0 Å². The molecular weight excluding hydrogens is 683 g/mol.